The fourth-order valence-electron chi connectivity index (χ4n) is 1.35. The monoisotopic (exact) mass is 256 g/mol. The summed E-state index contributed by atoms with van der Waals surface area (Å²) >= 11 is 11.4. The lowest BCUT2D eigenvalue weighted by Crippen LogP contribution is -1.91. The van der Waals surface area contributed by atoms with Gasteiger partial charge in [0.2, 0.25) is 11.8 Å². The highest BCUT2D eigenvalue weighted by molar-refractivity contribution is 6.30. The van der Waals surface area contributed by atoms with Crippen LogP contribution in [0, 0.1) is 0 Å². The highest BCUT2D eigenvalue weighted by Crippen LogP contribution is 2.12. The summed E-state index contributed by atoms with van der Waals surface area (Å²) in [4.78, 5) is 0. The molecule has 0 aliphatic carbocycles. The van der Waals surface area contributed by atoms with Gasteiger partial charge in [0.25, 0.3) is 0 Å². The van der Waals surface area contributed by atoms with Crippen molar-refractivity contribution < 1.29 is 4.42 Å². The molecule has 1 aromatic heterocycles. The summed E-state index contributed by atoms with van der Waals surface area (Å²) < 4.78 is 5.30. The second-order valence-electron chi connectivity index (χ2n) is 3.35. The Kier molecular flexibility index (Phi) is 3.80. The van der Waals surface area contributed by atoms with Crippen molar-refractivity contribution in [2.75, 3.05) is 0 Å². The third kappa shape index (κ3) is 2.97. The predicted octanol–water partition coefficient (Wildman–Crippen LogP) is 3.25. The van der Waals surface area contributed by atoms with E-state index in [0.717, 1.165) is 11.4 Å². The molecule has 0 amide bonds. The normalized spacial score (nSPS) is 10.6. The second kappa shape index (κ2) is 5.32. The first kappa shape index (κ1) is 11.4. The van der Waals surface area contributed by atoms with Gasteiger partial charge in [-0.3, -0.25) is 0 Å². The number of nitrogens with zero attached hydrogens (tertiary/aromatic N) is 2. The van der Waals surface area contributed by atoms with Crippen LogP contribution in [0.25, 0.3) is 0 Å². The first-order chi connectivity index (χ1) is 7.78. The molecule has 0 N–H and O–H groups in total. The number of rotatable bonds is 4. The van der Waals surface area contributed by atoms with Crippen LogP contribution in [0.15, 0.2) is 28.7 Å². The minimum atomic E-state index is 0.258. The minimum absolute atomic E-state index is 0.258. The van der Waals surface area contributed by atoms with Gasteiger partial charge < -0.3 is 4.42 Å². The highest BCUT2D eigenvalue weighted by Gasteiger charge is 2.04. The van der Waals surface area contributed by atoms with E-state index in [1.807, 2.05) is 24.3 Å². The number of halogens is 2. The molecule has 5 heteroatoms. The smallest absolute Gasteiger partial charge is 0.231 e. The molecule has 1 aromatic carbocycles. The van der Waals surface area contributed by atoms with E-state index in [1.165, 1.54) is 5.56 Å². The van der Waals surface area contributed by atoms with Crippen molar-refractivity contribution in [2.45, 2.75) is 18.7 Å². The second-order valence-corrected chi connectivity index (χ2v) is 4.05. The largest absolute Gasteiger partial charge is 0.424 e. The van der Waals surface area contributed by atoms with Crippen LogP contribution in [-0.4, -0.2) is 10.2 Å². The lowest BCUT2D eigenvalue weighted by Gasteiger charge is -1.98. The number of alkyl halides is 1. The first-order valence-corrected chi connectivity index (χ1v) is 5.81. The Morgan fingerprint density at radius 3 is 2.31 bits per heavy atom. The third-order valence-electron chi connectivity index (χ3n) is 2.16. The molecule has 0 atom stereocenters. The van der Waals surface area contributed by atoms with E-state index in [0.29, 0.717) is 18.2 Å². The first-order valence-electron chi connectivity index (χ1n) is 4.89. The van der Waals surface area contributed by atoms with E-state index in [4.69, 9.17) is 27.6 Å². The molecule has 2 rings (SSSR count). The fraction of sp³-hybridized carbons (Fsp3) is 0.273. The molecular weight excluding hydrogens is 247 g/mol. The molecular formula is C11H10Cl2N2O. The summed E-state index contributed by atoms with van der Waals surface area (Å²) in [7, 11) is 0. The fourth-order valence-corrected chi connectivity index (χ4v) is 1.58. The molecule has 84 valence electrons. The number of aryl methyl sites for hydroxylation is 2. The molecule has 3 nitrogen and oxygen atoms in total. The quantitative estimate of drug-likeness (QED) is 0.789. The van der Waals surface area contributed by atoms with Crippen LogP contribution in [0.4, 0.5) is 0 Å². The van der Waals surface area contributed by atoms with Gasteiger partial charge in [-0.05, 0) is 24.1 Å². The Morgan fingerprint density at radius 1 is 1.00 bits per heavy atom. The van der Waals surface area contributed by atoms with Gasteiger partial charge in [0.05, 0.1) is 0 Å². The van der Waals surface area contributed by atoms with Gasteiger partial charge in [0.1, 0.15) is 5.88 Å². The number of benzene rings is 1. The van der Waals surface area contributed by atoms with Crippen molar-refractivity contribution in [2.24, 2.45) is 0 Å². The van der Waals surface area contributed by atoms with Crippen molar-refractivity contribution in [1.29, 1.82) is 0 Å². The van der Waals surface area contributed by atoms with Crippen LogP contribution in [0.1, 0.15) is 17.3 Å². The summed E-state index contributed by atoms with van der Waals surface area (Å²) in [5, 5.41) is 8.43. The van der Waals surface area contributed by atoms with Gasteiger partial charge in [-0.2, -0.15) is 0 Å². The zero-order chi connectivity index (χ0) is 11.4. The van der Waals surface area contributed by atoms with E-state index in [9.17, 15) is 0 Å². The molecule has 0 unspecified atom stereocenters. The Balaban J connectivity index is 1.94. The van der Waals surface area contributed by atoms with Crippen LogP contribution in [0.5, 0.6) is 0 Å². The Morgan fingerprint density at radius 2 is 1.69 bits per heavy atom. The van der Waals surface area contributed by atoms with E-state index in [1.54, 1.807) is 0 Å². The zero-order valence-electron chi connectivity index (χ0n) is 8.49. The molecule has 0 bridgehead atoms. The Hall–Kier alpha value is -1.06. The highest BCUT2D eigenvalue weighted by atomic mass is 35.5. The average molecular weight is 257 g/mol. The molecule has 0 radical (unpaired) electrons. The van der Waals surface area contributed by atoms with Crippen molar-refractivity contribution in [3.8, 4) is 0 Å². The maximum absolute atomic E-state index is 5.80. The molecule has 2 aromatic rings. The van der Waals surface area contributed by atoms with Gasteiger partial charge in [-0.15, -0.1) is 21.8 Å². The molecule has 0 saturated heterocycles. The standard InChI is InChI=1S/C11H10Cl2N2O/c12-7-11-15-14-10(16-11)6-3-8-1-4-9(13)5-2-8/h1-2,4-5H,3,6-7H2. The number of hydrogen-bond acceptors (Lipinski definition) is 3. The lowest BCUT2D eigenvalue weighted by atomic mass is 10.1. The van der Waals surface area contributed by atoms with Crippen LogP contribution < -0.4 is 0 Å². The summed E-state index contributed by atoms with van der Waals surface area (Å²) in [6, 6.07) is 7.71. The van der Waals surface area contributed by atoms with Gasteiger partial charge in [0.15, 0.2) is 0 Å². The SMILES string of the molecule is ClCc1nnc(CCc2ccc(Cl)cc2)o1. The van der Waals surface area contributed by atoms with Crippen molar-refractivity contribution in [1.82, 2.24) is 10.2 Å². The van der Waals surface area contributed by atoms with Gasteiger partial charge in [-0.25, -0.2) is 0 Å². The van der Waals surface area contributed by atoms with Crippen molar-refractivity contribution >= 4 is 23.2 Å². The summed E-state index contributed by atoms with van der Waals surface area (Å²) in [6.45, 7) is 0. The van der Waals surface area contributed by atoms with Crippen LogP contribution in [0.3, 0.4) is 0 Å². The predicted molar refractivity (Wildman–Crippen MR) is 62.7 cm³/mol. The average Bonchev–Trinajstić information content (AvgIpc) is 2.76. The molecule has 0 aliphatic heterocycles. The molecule has 0 spiro atoms. The Labute approximate surface area is 103 Å². The lowest BCUT2D eigenvalue weighted by molar-refractivity contribution is 0.463. The number of hydrogen-bond donors (Lipinski definition) is 0. The van der Waals surface area contributed by atoms with E-state index >= 15 is 0 Å². The van der Waals surface area contributed by atoms with Crippen LogP contribution in [0.2, 0.25) is 5.02 Å². The Bertz CT molecular complexity index is 453. The molecule has 1 heterocycles. The van der Waals surface area contributed by atoms with E-state index in [2.05, 4.69) is 10.2 Å². The topological polar surface area (TPSA) is 38.9 Å². The third-order valence-corrected chi connectivity index (χ3v) is 2.64. The van der Waals surface area contributed by atoms with Gasteiger partial charge in [0, 0.05) is 11.4 Å². The molecule has 0 aliphatic rings. The van der Waals surface area contributed by atoms with Crippen molar-refractivity contribution in [3.05, 3.63) is 46.6 Å². The molecule has 0 saturated carbocycles. The number of aromatic nitrogens is 2. The zero-order valence-corrected chi connectivity index (χ0v) is 10.0. The van der Waals surface area contributed by atoms with Crippen molar-refractivity contribution in [3.63, 3.8) is 0 Å². The minimum Gasteiger partial charge on any atom is -0.424 e. The molecule has 0 fully saturated rings. The summed E-state index contributed by atoms with van der Waals surface area (Å²) in [6.07, 6.45) is 1.56. The maximum atomic E-state index is 5.80. The van der Waals surface area contributed by atoms with Crippen LogP contribution >= 0.6 is 23.2 Å². The molecule has 16 heavy (non-hydrogen) atoms. The summed E-state index contributed by atoms with van der Waals surface area (Å²) in [5.41, 5.74) is 1.19. The van der Waals surface area contributed by atoms with Crippen LogP contribution in [-0.2, 0) is 18.7 Å². The van der Waals surface area contributed by atoms with E-state index in [-0.39, 0.29) is 5.88 Å². The summed E-state index contributed by atoms with van der Waals surface area (Å²) in [5.74, 6) is 1.34. The van der Waals surface area contributed by atoms with Gasteiger partial charge >= 0.3 is 0 Å². The van der Waals surface area contributed by atoms with Gasteiger partial charge in [-0.1, -0.05) is 23.7 Å². The van der Waals surface area contributed by atoms with E-state index < -0.39 is 0 Å². The maximum Gasteiger partial charge on any atom is 0.231 e.